The van der Waals surface area contributed by atoms with E-state index in [1.54, 1.807) is 26.0 Å². The summed E-state index contributed by atoms with van der Waals surface area (Å²) in [6.07, 6.45) is 6.16. The highest BCUT2D eigenvalue weighted by Crippen LogP contribution is 2.38. The molecule has 0 radical (unpaired) electrons. The minimum absolute atomic E-state index is 0.798. The van der Waals surface area contributed by atoms with Crippen LogP contribution in [-0.2, 0) is 6.42 Å². The van der Waals surface area contributed by atoms with Crippen molar-refractivity contribution in [3.05, 3.63) is 65.4 Å². The average molecular weight is 391 g/mol. The van der Waals surface area contributed by atoms with Gasteiger partial charge in [0.15, 0.2) is 5.16 Å². The zero-order chi connectivity index (χ0) is 19.5. The van der Waals surface area contributed by atoms with Crippen LogP contribution in [0.5, 0.6) is 11.5 Å². The third-order valence-corrected chi connectivity index (χ3v) is 5.49. The van der Waals surface area contributed by atoms with Gasteiger partial charge in [-0.3, -0.25) is 0 Å². The van der Waals surface area contributed by atoms with Crippen LogP contribution in [0.25, 0.3) is 22.9 Å². The van der Waals surface area contributed by atoms with Crippen molar-refractivity contribution in [2.75, 3.05) is 20.5 Å². The number of hydrogen-bond donors (Lipinski definition) is 0. The van der Waals surface area contributed by atoms with Gasteiger partial charge in [0.05, 0.1) is 25.6 Å². The van der Waals surface area contributed by atoms with Crippen molar-refractivity contribution >= 4 is 23.4 Å². The van der Waals surface area contributed by atoms with Crippen LogP contribution in [-0.4, -0.2) is 30.4 Å². The first-order chi connectivity index (χ1) is 13.7. The van der Waals surface area contributed by atoms with Crippen LogP contribution in [0.1, 0.15) is 23.2 Å². The van der Waals surface area contributed by atoms with Gasteiger partial charge in [0.2, 0.25) is 0 Å². The minimum Gasteiger partial charge on any atom is -0.497 e. The molecule has 0 fully saturated rings. The van der Waals surface area contributed by atoms with Crippen LogP contribution in [0.15, 0.2) is 53.7 Å². The lowest BCUT2D eigenvalue weighted by Gasteiger charge is -2.10. The summed E-state index contributed by atoms with van der Waals surface area (Å²) in [6, 6.07) is 16.2. The molecule has 1 aliphatic rings. The first-order valence-corrected chi connectivity index (χ1v) is 10.4. The van der Waals surface area contributed by atoms with Crippen LogP contribution < -0.4 is 9.47 Å². The number of benzene rings is 2. The van der Waals surface area contributed by atoms with Gasteiger partial charge >= 0.3 is 0 Å². The van der Waals surface area contributed by atoms with Gasteiger partial charge in [-0.25, -0.2) is 9.97 Å². The fraction of sp³-hybridized carbons (Fsp3) is 0.217. The van der Waals surface area contributed by atoms with E-state index >= 15 is 0 Å². The maximum absolute atomic E-state index is 5.29. The van der Waals surface area contributed by atoms with Crippen molar-refractivity contribution in [1.29, 1.82) is 0 Å². The summed E-state index contributed by atoms with van der Waals surface area (Å²) in [5.74, 6) is 1.71. The van der Waals surface area contributed by atoms with Crippen molar-refractivity contribution in [2.45, 2.75) is 18.0 Å². The smallest absolute Gasteiger partial charge is 0.188 e. The molecule has 0 amide bonds. The van der Waals surface area contributed by atoms with Gasteiger partial charge in [-0.15, -0.1) is 0 Å². The van der Waals surface area contributed by atoms with Crippen LogP contribution in [0, 0.1) is 0 Å². The topological polar surface area (TPSA) is 44.2 Å². The number of fused-ring (bicyclic) bond motifs is 1. The Bertz CT molecular complexity index is 1010. The van der Waals surface area contributed by atoms with Crippen molar-refractivity contribution in [3.63, 3.8) is 0 Å². The number of hydrogen-bond acceptors (Lipinski definition) is 5. The molecule has 1 aliphatic carbocycles. The summed E-state index contributed by atoms with van der Waals surface area (Å²) in [4.78, 5) is 9.66. The van der Waals surface area contributed by atoms with E-state index in [1.165, 1.54) is 11.1 Å². The molecule has 0 bridgehead atoms. The summed E-state index contributed by atoms with van der Waals surface area (Å²) in [5.41, 5.74) is 6.82. The second kappa shape index (κ2) is 8.07. The summed E-state index contributed by atoms with van der Waals surface area (Å²) in [7, 11) is 3.36. The predicted octanol–water partition coefficient (Wildman–Crippen LogP) is 5.37. The quantitative estimate of drug-likeness (QED) is 0.433. The Labute approximate surface area is 169 Å². The number of ether oxygens (including phenoxy) is 2. The van der Waals surface area contributed by atoms with Gasteiger partial charge in [0.1, 0.15) is 11.5 Å². The molecule has 3 aromatic rings. The lowest BCUT2D eigenvalue weighted by atomic mass is 10.0. The highest BCUT2D eigenvalue weighted by atomic mass is 32.2. The van der Waals surface area contributed by atoms with Gasteiger partial charge in [0.25, 0.3) is 0 Å². The number of allylic oxidation sites excluding steroid dienone is 1. The zero-order valence-corrected chi connectivity index (χ0v) is 17.0. The lowest BCUT2D eigenvalue weighted by Crippen LogP contribution is -1.99. The zero-order valence-electron chi connectivity index (χ0n) is 16.2. The third kappa shape index (κ3) is 3.62. The lowest BCUT2D eigenvalue weighted by molar-refractivity contribution is 0.414. The van der Waals surface area contributed by atoms with E-state index in [1.807, 2.05) is 30.5 Å². The average Bonchev–Trinajstić information content (AvgIpc) is 3.16. The molecule has 1 heterocycles. The summed E-state index contributed by atoms with van der Waals surface area (Å²) < 4.78 is 10.5. The second-order valence-corrected chi connectivity index (χ2v) is 7.33. The molecule has 4 rings (SSSR count). The molecule has 5 heteroatoms. The molecule has 142 valence electrons. The Hall–Kier alpha value is -2.79. The Balaban J connectivity index is 1.77. The van der Waals surface area contributed by atoms with Gasteiger partial charge in [-0.2, -0.15) is 0 Å². The van der Waals surface area contributed by atoms with Gasteiger partial charge in [-0.05, 0) is 72.7 Å². The standard InChI is InChI=1S/C23H22N2O2S/c1-26-18-9-4-15(5-10-18)14-17-8-13-20-21(24-23(28-3)25-22(17)20)16-6-11-19(27-2)12-7-16/h4-7,9-12,14H,8,13H2,1-3H3/b17-14+. The number of methoxy groups -OCH3 is 2. The largest absolute Gasteiger partial charge is 0.497 e. The fourth-order valence-corrected chi connectivity index (χ4v) is 3.83. The molecular weight excluding hydrogens is 368 g/mol. The number of rotatable bonds is 5. The molecule has 0 spiro atoms. The van der Waals surface area contributed by atoms with Gasteiger partial charge in [-0.1, -0.05) is 23.9 Å². The van der Waals surface area contributed by atoms with E-state index < -0.39 is 0 Å². The monoisotopic (exact) mass is 390 g/mol. The Morgan fingerprint density at radius 3 is 2.04 bits per heavy atom. The Morgan fingerprint density at radius 1 is 0.821 bits per heavy atom. The molecule has 28 heavy (non-hydrogen) atoms. The van der Waals surface area contributed by atoms with E-state index in [0.29, 0.717) is 0 Å². The molecule has 0 unspecified atom stereocenters. The minimum atomic E-state index is 0.798. The van der Waals surface area contributed by atoms with Crippen LogP contribution in [0.4, 0.5) is 0 Å². The van der Waals surface area contributed by atoms with Crippen LogP contribution >= 0.6 is 11.8 Å². The highest BCUT2D eigenvalue weighted by Gasteiger charge is 2.24. The summed E-state index contributed by atoms with van der Waals surface area (Å²) >= 11 is 1.57. The molecule has 0 saturated heterocycles. The van der Waals surface area contributed by atoms with E-state index in [9.17, 15) is 0 Å². The first-order valence-electron chi connectivity index (χ1n) is 9.16. The molecule has 2 aromatic carbocycles. The van der Waals surface area contributed by atoms with Crippen LogP contribution in [0.3, 0.4) is 0 Å². The first kappa shape index (κ1) is 18.6. The highest BCUT2D eigenvalue weighted by molar-refractivity contribution is 7.98. The fourth-order valence-electron chi connectivity index (χ4n) is 3.46. The van der Waals surface area contributed by atoms with Crippen LogP contribution in [0.2, 0.25) is 0 Å². The van der Waals surface area contributed by atoms with Gasteiger partial charge in [0, 0.05) is 11.1 Å². The van der Waals surface area contributed by atoms with Crippen molar-refractivity contribution in [1.82, 2.24) is 9.97 Å². The maximum atomic E-state index is 5.29. The van der Waals surface area contributed by atoms with E-state index in [2.05, 4.69) is 30.3 Å². The summed E-state index contributed by atoms with van der Waals surface area (Å²) in [5, 5.41) is 0.798. The molecular formula is C23H22N2O2S. The van der Waals surface area contributed by atoms with E-state index in [0.717, 1.165) is 52.0 Å². The molecule has 0 aliphatic heterocycles. The maximum Gasteiger partial charge on any atom is 0.188 e. The van der Waals surface area contributed by atoms with Crippen molar-refractivity contribution in [3.8, 4) is 22.8 Å². The number of aromatic nitrogens is 2. The van der Waals surface area contributed by atoms with Crippen molar-refractivity contribution < 1.29 is 9.47 Å². The molecule has 1 aromatic heterocycles. The van der Waals surface area contributed by atoms with E-state index in [-0.39, 0.29) is 0 Å². The SMILES string of the molecule is COc1ccc(/C=C2\CCc3c2nc(SC)nc3-c2ccc(OC)cc2)cc1. The normalized spacial score (nSPS) is 14.2. The number of thioether (sulfide) groups is 1. The molecule has 0 atom stereocenters. The van der Waals surface area contributed by atoms with Crippen molar-refractivity contribution in [2.24, 2.45) is 0 Å². The van der Waals surface area contributed by atoms with E-state index in [4.69, 9.17) is 19.4 Å². The molecule has 0 N–H and O–H groups in total. The Kier molecular flexibility index (Phi) is 5.35. The number of nitrogens with zero attached hydrogens (tertiary/aromatic N) is 2. The van der Waals surface area contributed by atoms with Gasteiger partial charge < -0.3 is 9.47 Å². The summed E-state index contributed by atoms with van der Waals surface area (Å²) in [6.45, 7) is 0. The Morgan fingerprint density at radius 2 is 1.43 bits per heavy atom. The third-order valence-electron chi connectivity index (χ3n) is 4.94. The molecule has 0 saturated carbocycles. The second-order valence-electron chi connectivity index (χ2n) is 6.56. The molecule has 4 nitrogen and oxygen atoms in total. The predicted molar refractivity (Wildman–Crippen MR) is 115 cm³/mol.